The van der Waals surface area contributed by atoms with Crippen LogP contribution in [0.5, 0.6) is 0 Å². The Labute approximate surface area is 161 Å². The number of phosphoric ester groups is 1. The number of phosphoric acid groups is 2. The molecule has 2 aromatic heterocycles. The second-order valence-electron chi connectivity index (χ2n) is 6.25. The lowest BCUT2D eigenvalue weighted by atomic mass is 9.98. The van der Waals surface area contributed by atoms with Gasteiger partial charge in [0.1, 0.15) is 17.7 Å². The van der Waals surface area contributed by atoms with Gasteiger partial charge >= 0.3 is 15.6 Å². The molecule has 0 bridgehead atoms. The van der Waals surface area contributed by atoms with Crippen molar-refractivity contribution in [3.8, 4) is 0 Å². The molecule has 0 spiro atoms. The number of fused-ring (bicyclic) bond motifs is 1. The van der Waals surface area contributed by atoms with E-state index >= 15 is 4.39 Å². The van der Waals surface area contributed by atoms with E-state index in [1.54, 1.807) is 0 Å². The number of nitrogens with zero attached hydrogens (tertiary/aromatic N) is 4. The van der Waals surface area contributed by atoms with E-state index in [4.69, 9.17) is 26.0 Å². The SMILES string of the molecule is C[C@@]1(F)[C@H](O)[C@@H](COP(=O)(O)OP(=O)(O)O)O[C@H]1n1cnc2c(N)nc(N)nc21. The number of ether oxygens (including phenoxy) is 1. The molecular weight excluding hydrogens is 441 g/mol. The maximum Gasteiger partial charge on any atom is 0.481 e. The lowest BCUT2D eigenvalue weighted by Gasteiger charge is -2.24. The van der Waals surface area contributed by atoms with Crippen LogP contribution in [0.15, 0.2) is 6.33 Å². The van der Waals surface area contributed by atoms with Crippen LogP contribution in [-0.2, 0) is 22.7 Å². The summed E-state index contributed by atoms with van der Waals surface area (Å²) < 4.78 is 52.0. The molecule has 0 aromatic carbocycles. The fourth-order valence-electron chi connectivity index (χ4n) is 2.80. The van der Waals surface area contributed by atoms with Crippen molar-refractivity contribution in [2.24, 2.45) is 0 Å². The summed E-state index contributed by atoms with van der Waals surface area (Å²) in [6, 6.07) is 0. The zero-order valence-electron chi connectivity index (χ0n) is 14.6. The Bertz CT molecular complexity index is 1030. The Morgan fingerprint density at radius 2 is 2.00 bits per heavy atom. The Kier molecular flexibility index (Phi) is 5.45. The number of anilines is 2. The fraction of sp³-hybridized carbons (Fsp3) is 0.545. The molecule has 162 valence electrons. The Balaban J connectivity index is 1.85. The number of nitrogen functional groups attached to an aromatic ring is 2. The van der Waals surface area contributed by atoms with E-state index in [0.717, 1.165) is 17.8 Å². The summed E-state index contributed by atoms with van der Waals surface area (Å²) in [6.07, 6.45) is -3.81. The number of aliphatic hydroxyl groups excluding tert-OH is 1. The summed E-state index contributed by atoms with van der Waals surface area (Å²) in [5, 5.41) is 10.2. The highest BCUT2D eigenvalue weighted by Gasteiger charge is 2.56. The summed E-state index contributed by atoms with van der Waals surface area (Å²) in [5.74, 6) is -0.285. The maximum absolute atomic E-state index is 15.2. The molecule has 3 rings (SSSR count). The zero-order valence-corrected chi connectivity index (χ0v) is 16.4. The van der Waals surface area contributed by atoms with Crippen molar-refractivity contribution < 1.29 is 46.9 Å². The van der Waals surface area contributed by atoms with Crippen LogP contribution in [-0.4, -0.2) is 63.8 Å². The van der Waals surface area contributed by atoms with Crippen LogP contribution in [0, 0.1) is 0 Å². The van der Waals surface area contributed by atoms with E-state index in [-0.39, 0.29) is 22.9 Å². The highest BCUT2D eigenvalue weighted by atomic mass is 31.3. The molecule has 1 unspecified atom stereocenters. The van der Waals surface area contributed by atoms with Gasteiger partial charge in [-0.3, -0.25) is 9.09 Å². The van der Waals surface area contributed by atoms with E-state index in [2.05, 4.69) is 23.8 Å². The summed E-state index contributed by atoms with van der Waals surface area (Å²) in [6.45, 7) is 0.0591. The van der Waals surface area contributed by atoms with Crippen molar-refractivity contribution in [1.29, 1.82) is 0 Å². The third-order valence-electron chi connectivity index (χ3n) is 4.05. The molecule has 0 aliphatic carbocycles. The van der Waals surface area contributed by atoms with E-state index in [9.17, 15) is 19.1 Å². The maximum atomic E-state index is 15.2. The molecule has 0 amide bonds. The molecule has 1 aliphatic rings. The highest BCUT2D eigenvalue weighted by Crippen LogP contribution is 2.58. The molecular formula is C11H17FN6O9P2. The third-order valence-corrected chi connectivity index (χ3v) is 6.20. The van der Waals surface area contributed by atoms with Crippen molar-refractivity contribution in [3.05, 3.63) is 6.33 Å². The normalized spacial score (nSPS) is 29.9. The lowest BCUT2D eigenvalue weighted by molar-refractivity contribution is -0.0560. The van der Waals surface area contributed by atoms with Gasteiger partial charge in [-0.1, -0.05) is 0 Å². The number of imidazole rings is 1. The average Bonchev–Trinajstić information content (AvgIpc) is 3.04. The van der Waals surface area contributed by atoms with Gasteiger partial charge in [-0.15, -0.1) is 0 Å². The molecule has 29 heavy (non-hydrogen) atoms. The predicted octanol–water partition coefficient (Wildman–Crippen LogP) is -0.797. The Morgan fingerprint density at radius 1 is 1.34 bits per heavy atom. The molecule has 0 saturated carbocycles. The van der Waals surface area contributed by atoms with Gasteiger partial charge in [-0.2, -0.15) is 14.3 Å². The van der Waals surface area contributed by atoms with Crippen molar-refractivity contribution in [1.82, 2.24) is 19.5 Å². The molecule has 3 heterocycles. The van der Waals surface area contributed by atoms with Crippen LogP contribution in [0.4, 0.5) is 16.2 Å². The molecule has 1 aliphatic heterocycles. The molecule has 15 nitrogen and oxygen atoms in total. The van der Waals surface area contributed by atoms with Crippen LogP contribution in [0.25, 0.3) is 11.2 Å². The predicted molar refractivity (Wildman–Crippen MR) is 92.5 cm³/mol. The summed E-state index contributed by atoms with van der Waals surface area (Å²) >= 11 is 0. The minimum absolute atomic E-state index is 0.00954. The molecule has 18 heteroatoms. The van der Waals surface area contributed by atoms with Gasteiger partial charge in [-0.05, 0) is 6.92 Å². The second kappa shape index (κ2) is 7.19. The van der Waals surface area contributed by atoms with Gasteiger partial charge in [-0.25, -0.2) is 18.5 Å². The summed E-state index contributed by atoms with van der Waals surface area (Å²) in [4.78, 5) is 38.1. The Morgan fingerprint density at radius 3 is 2.62 bits per heavy atom. The van der Waals surface area contributed by atoms with Gasteiger partial charge in [0.05, 0.1) is 12.9 Å². The number of alkyl halides is 1. The number of aromatic nitrogens is 4. The van der Waals surface area contributed by atoms with E-state index in [1.165, 1.54) is 0 Å². The monoisotopic (exact) mass is 458 g/mol. The van der Waals surface area contributed by atoms with E-state index in [0.29, 0.717) is 0 Å². The topological polar surface area (TPSA) is 238 Å². The quantitative estimate of drug-likeness (QED) is 0.291. The summed E-state index contributed by atoms with van der Waals surface area (Å²) in [7, 11) is -10.6. The number of hydrogen-bond acceptors (Lipinski definition) is 11. The van der Waals surface area contributed by atoms with Crippen molar-refractivity contribution >= 4 is 38.6 Å². The molecule has 2 aromatic rings. The molecule has 1 saturated heterocycles. The van der Waals surface area contributed by atoms with Crippen molar-refractivity contribution in [2.75, 3.05) is 18.1 Å². The Hall–Kier alpha value is -1.74. The molecule has 5 atom stereocenters. The molecule has 0 radical (unpaired) electrons. The van der Waals surface area contributed by atoms with Gasteiger partial charge in [0, 0.05) is 0 Å². The first-order valence-electron chi connectivity index (χ1n) is 7.73. The number of nitrogens with two attached hydrogens (primary N) is 2. The minimum atomic E-state index is -5.34. The van der Waals surface area contributed by atoms with Crippen LogP contribution >= 0.6 is 15.6 Å². The first-order valence-corrected chi connectivity index (χ1v) is 10.8. The van der Waals surface area contributed by atoms with Crippen LogP contribution < -0.4 is 11.5 Å². The first-order chi connectivity index (χ1) is 13.2. The van der Waals surface area contributed by atoms with Gasteiger partial charge in [0.2, 0.25) is 5.95 Å². The van der Waals surface area contributed by atoms with Gasteiger partial charge in [0.25, 0.3) is 0 Å². The van der Waals surface area contributed by atoms with E-state index in [1.807, 2.05) is 0 Å². The number of halogens is 1. The van der Waals surface area contributed by atoms with Crippen LogP contribution in [0.1, 0.15) is 13.2 Å². The van der Waals surface area contributed by atoms with Crippen molar-refractivity contribution in [2.45, 2.75) is 31.0 Å². The summed E-state index contributed by atoms with van der Waals surface area (Å²) in [5.41, 5.74) is 8.86. The number of hydrogen-bond donors (Lipinski definition) is 6. The highest BCUT2D eigenvalue weighted by molar-refractivity contribution is 7.60. The first kappa shape index (κ1) is 22.0. The van der Waals surface area contributed by atoms with Gasteiger partial charge < -0.3 is 36.0 Å². The second-order valence-corrected chi connectivity index (χ2v) is 9.08. The minimum Gasteiger partial charge on any atom is -0.387 e. The zero-order chi connectivity index (χ0) is 21.8. The fourth-order valence-corrected chi connectivity index (χ4v) is 4.40. The average molecular weight is 458 g/mol. The smallest absolute Gasteiger partial charge is 0.387 e. The molecule has 8 N–H and O–H groups in total. The van der Waals surface area contributed by atoms with Crippen LogP contribution in [0.2, 0.25) is 0 Å². The van der Waals surface area contributed by atoms with E-state index < -0.39 is 46.4 Å². The number of rotatable bonds is 6. The standard InChI is InChI=1S/C11H17FN6O9P2/c1-11(12)6(19)4(2-25-29(23,24)27-28(20,21)22)26-9(11)18-3-15-5-7(13)16-10(14)17-8(5)18/h3-4,6,9,19H,2H2,1H3,(H,23,24)(H2,20,21,22)(H4,13,14,16,17)/t4-,6-,9-,11-/m1/s1. The third kappa shape index (κ3) is 4.40. The number of aliphatic hydroxyl groups is 1. The van der Waals surface area contributed by atoms with Crippen molar-refractivity contribution in [3.63, 3.8) is 0 Å². The molecule has 1 fully saturated rings. The van der Waals surface area contributed by atoms with Crippen LogP contribution in [0.3, 0.4) is 0 Å². The van der Waals surface area contributed by atoms with Gasteiger partial charge in [0.15, 0.2) is 23.4 Å². The largest absolute Gasteiger partial charge is 0.481 e. The lowest BCUT2D eigenvalue weighted by Crippen LogP contribution is -2.40.